The lowest BCUT2D eigenvalue weighted by Gasteiger charge is -2.23. The zero-order chi connectivity index (χ0) is 24.6. The molecule has 1 fully saturated rings. The molecule has 2 heterocycles. The number of nitrogens with zero attached hydrogens (tertiary/aromatic N) is 2. The maximum Gasteiger partial charge on any atom is 0.350 e. The highest BCUT2D eigenvalue weighted by Gasteiger charge is 2.48. The molecule has 1 aliphatic rings. The fourth-order valence-corrected chi connectivity index (χ4v) is 4.90. The number of carbonyl (C=O) groups is 3. The van der Waals surface area contributed by atoms with Crippen LogP contribution < -0.4 is 9.64 Å². The van der Waals surface area contributed by atoms with Gasteiger partial charge in [-0.2, -0.15) is 0 Å². The van der Waals surface area contributed by atoms with Gasteiger partial charge in [-0.1, -0.05) is 35.1 Å². The number of halogens is 1. The van der Waals surface area contributed by atoms with E-state index in [4.69, 9.17) is 21.1 Å². The minimum Gasteiger partial charge on any atom is -0.507 e. The summed E-state index contributed by atoms with van der Waals surface area (Å²) in [5.41, 5.74) is 1.06. The standard InChI is InChI=1S/C24H19ClN2O6S/c1-12-21(23(31)33-3)34-24(26-12)27-18(14-5-4-6-15(25)11-14)17(20(29)22(27)30)19(28)13-7-9-16(32-2)10-8-13/h4-11,18,28H,1-3H3/b19-17+/t18-/m0/s1. The lowest BCUT2D eigenvalue weighted by atomic mass is 9.95. The van der Waals surface area contributed by atoms with Crippen molar-refractivity contribution in [2.24, 2.45) is 0 Å². The number of aryl methyl sites for hydroxylation is 1. The molecule has 1 aromatic heterocycles. The molecule has 4 rings (SSSR count). The summed E-state index contributed by atoms with van der Waals surface area (Å²) in [6, 6.07) is 12.0. The van der Waals surface area contributed by atoms with Crippen LogP contribution in [-0.2, 0) is 14.3 Å². The Hall–Kier alpha value is -3.69. The number of thiazole rings is 1. The van der Waals surface area contributed by atoms with Gasteiger partial charge in [-0.3, -0.25) is 14.5 Å². The highest BCUT2D eigenvalue weighted by molar-refractivity contribution is 7.17. The zero-order valence-corrected chi connectivity index (χ0v) is 19.9. The van der Waals surface area contributed by atoms with Crippen molar-refractivity contribution in [2.75, 3.05) is 19.1 Å². The second-order valence-corrected chi connectivity index (χ2v) is 8.77. The van der Waals surface area contributed by atoms with Crippen LogP contribution in [0.1, 0.15) is 32.5 Å². The van der Waals surface area contributed by atoms with Crippen molar-refractivity contribution in [3.05, 3.63) is 80.8 Å². The van der Waals surface area contributed by atoms with Gasteiger partial charge >= 0.3 is 11.9 Å². The molecule has 0 saturated carbocycles. The van der Waals surface area contributed by atoms with Gasteiger partial charge in [0.05, 0.1) is 31.5 Å². The first-order chi connectivity index (χ1) is 16.3. The SMILES string of the molecule is COC(=O)c1sc(N2C(=O)C(=O)/C(=C(/O)c3ccc(OC)cc3)[C@@H]2c2cccc(Cl)c2)nc1C. The summed E-state index contributed by atoms with van der Waals surface area (Å²) in [6.45, 7) is 1.61. The van der Waals surface area contributed by atoms with Crippen LogP contribution in [0.5, 0.6) is 5.75 Å². The molecule has 0 spiro atoms. The van der Waals surface area contributed by atoms with Crippen molar-refractivity contribution in [3.8, 4) is 5.75 Å². The number of aliphatic hydroxyl groups is 1. The van der Waals surface area contributed by atoms with Gasteiger partial charge in [0.25, 0.3) is 5.78 Å². The van der Waals surface area contributed by atoms with Gasteiger partial charge in [-0.15, -0.1) is 0 Å². The third-order valence-electron chi connectivity index (χ3n) is 5.33. The molecule has 174 valence electrons. The molecule has 1 amide bonds. The second kappa shape index (κ2) is 9.28. The number of hydrogen-bond donors (Lipinski definition) is 1. The largest absolute Gasteiger partial charge is 0.507 e. The maximum atomic E-state index is 13.2. The first kappa shape index (κ1) is 23.5. The van der Waals surface area contributed by atoms with Crippen molar-refractivity contribution in [1.82, 2.24) is 4.98 Å². The van der Waals surface area contributed by atoms with Gasteiger partial charge in [-0.25, -0.2) is 9.78 Å². The Morgan fingerprint density at radius 3 is 2.47 bits per heavy atom. The molecular weight excluding hydrogens is 480 g/mol. The maximum absolute atomic E-state index is 13.2. The van der Waals surface area contributed by atoms with Gasteiger partial charge in [0, 0.05) is 10.6 Å². The Labute approximate surface area is 204 Å². The molecule has 8 nitrogen and oxygen atoms in total. The number of ketones is 1. The van der Waals surface area contributed by atoms with Crippen molar-refractivity contribution >= 4 is 51.5 Å². The molecule has 0 unspecified atom stereocenters. The Morgan fingerprint density at radius 1 is 1.15 bits per heavy atom. The molecular formula is C24H19ClN2O6S. The Bertz CT molecular complexity index is 1330. The van der Waals surface area contributed by atoms with E-state index >= 15 is 0 Å². The molecule has 0 aliphatic carbocycles. The van der Waals surface area contributed by atoms with Crippen molar-refractivity contribution in [2.45, 2.75) is 13.0 Å². The number of carbonyl (C=O) groups excluding carboxylic acids is 3. The van der Waals surface area contributed by atoms with E-state index in [9.17, 15) is 19.5 Å². The minimum absolute atomic E-state index is 0.120. The van der Waals surface area contributed by atoms with E-state index in [1.54, 1.807) is 55.5 Å². The van der Waals surface area contributed by atoms with Crippen molar-refractivity contribution in [1.29, 1.82) is 0 Å². The van der Waals surface area contributed by atoms with Crippen molar-refractivity contribution < 1.29 is 29.0 Å². The summed E-state index contributed by atoms with van der Waals surface area (Å²) in [4.78, 5) is 44.3. The summed E-state index contributed by atoms with van der Waals surface area (Å²) >= 11 is 7.13. The number of esters is 1. The molecule has 1 atom stereocenters. The van der Waals surface area contributed by atoms with Gasteiger partial charge in [0.2, 0.25) is 0 Å². The highest BCUT2D eigenvalue weighted by atomic mass is 35.5. The minimum atomic E-state index is -1.02. The average Bonchev–Trinajstić information content (AvgIpc) is 3.35. The van der Waals surface area contributed by atoms with Gasteiger partial charge in [-0.05, 0) is 48.9 Å². The molecule has 0 radical (unpaired) electrons. The lowest BCUT2D eigenvalue weighted by Crippen LogP contribution is -2.29. The third-order valence-corrected chi connectivity index (χ3v) is 6.71. The van der Waals surface area contributed by atoms with Gasteiger partial charge in [0.15, 0.2) is 5.13 Å². The fourth-order valence-electron chi connectivity index (χ4n) is 3.69. The lowest BCUT2D eigenvalue weighted by molar-refractivity contribution is -0.132. The molecule has 1 aliphatic heterocycles. The number of amides is 1. The van der Waals surface area contributed by atoms with E-state index < -0.39 is 23.7 Å². The molecule has 1 saturated heterocycles. The zero-order valence-electron chi connectivity index (χ0n) is 18.4. The number of Topliss-reactive ketones (excluding diaryl/α,β-unsaturated/α-hetero) is 1. The summed E-state index contributed by atoms with van der Waals surface area (Å²) in [5.74, 6) is -2.15. The smallest absolute Gasteiger partial charge is 0.350 e. The van der Waals surface area contributed by atoms with Crippen molar-refractivity contribution in [3.63, 3.8) is 0 Å². The molecule has 10 heteroatoms. The van der Waals surface area contributed by atoms with Crippen LogP contribution in [-0.4, -0.2) is 42.0 Å². The Morgan fingerprint density at radius 2 is 1.85 bits per heavy atom. The van der Waals surface area contributed by atoms with Crippen LogP contribution in [0.15, 0.2) is 54.1 Å². The summed E-state index contributed by atoms with van der Waals surface area (Å²) in [5, 5.41) is 11.6. The topological polar surface area (TPSA) is 106 Å². The average molecular weight is 499 g/mol. The van der Waals surface area contributed by atoms with Crippen LogP contribution in [0.3, 0.4) is 0 Å². The first-order valence-electron chi connectivity index (χ1n) is 10.0. The monoisotopic (exact) mass is 498 g/mol. The number of ether oxygens (including phenoxy) is 2. The number of aromatic nitrogens is 1. The predicted octanol–water partition coefficient (Wildman–Crippen LogP) is 4.53. The number of benzene rings is 2. The van der Waals surface area contributed by atoms with Gasteiger partial charge < -0.3 is 14.6 Å². The second-order valence-electron chi connectivity index (χ2n) is 7.36. The van der Waals surface area contributed by atoms with Crippen LogP contribution in [0, 0.1) is 6.92 Å². The summed E-state index contributed by atoms with van der Waals surface area (Å²) < 4.78 is 9.94. The number of anilines is 1. The van der Waals surface area contributed by atoms with E-state index in [1.165, 1.54) is 19.1 Å². The van der Waals surface area contributed by atoms with E-state index in [0.717, 1.165) is 11.3 Å². The van der Waals surface area contributed by atoms with E-state index in [1.807, 2.05) is 0 Å². The molecule has 0 bridgehead atoms. The Kier molecular flexibility index (Phi) is 6.41. The predicted molar refractivity (Wildman–Crippen MR) is 127 cm³/mol. The number of hydrogen-bond acceptors (Lipinski definition) is 8. The van der Waals surface area contributed by atoms with E-state index in [0.29, 0.717) is 27.6 Å². The molecule has 3 aromatic rings. The first-order valence-corrected chi connectivity index (χ1v) is 11.2. The van der Waals surface area contributed by atoms with Crippen LogP contribution >= 0.6 is 22.9 Å². The van der Waals surface area contributed by atoms with E-state index in [-0.39, 0.29) is 21.3 Å². The fraction of sp³-hybridized carbons (Fsp3) is 0.167. The number of rotatable bonds is 5. The van der Waals surface area contributed by atoms with Gasteiger partial charge in [0.1, 0.15) is 16.4 Å². The molecule has 1 N–H and O–H groups in total. The van der Waals surface area contributed by atoms with Crippen LogP contribution in [0.2, 0.25) is 5.02 Å². The highest BCUT2D eigenvalue weighted by Crippen LogP contribution is 2.44. The molecule has 2 aromatic carbocycles. The number of methoxy groups -OCH3 is 2. The summed E-state index contributed by atoms with van der Waals surface area (Å²) in [6.07, 6.45) is 0. The molecule has 34 heavy (non-hydrogen) atoms. The van der Waals surface area contributed by atoms with Crippen LogP contribution in [0.4, 0.5) is 5.13 Å². The quantitative estimate of drug-likeness (QED) is 0.238. The third kappa shape index (κ3) is 4.04. The van der Waals surface area contributed by atoms with Crippen LogP contribution in [0.25, 0.3) is 5.76 Å². The normalized spacial score (nSPS) is 17.2. The Balaban J connectivity index is 1.92. The number of aliphatic hydroxyl groups excluding tert-OH is 1. The summed E-state index contributed by atoms with van der Waals surface area (Å²) in [7, 11) is 2.76. The van der Waals surface area contributed by atoms with E-state index in [2.05, 4.69) is 4.98 Å².